The number of hydrogen-bond acceptors (Lipinski definition) is 4. The van der Waals surface area contributed by atoms with Crippen LogP contribution in [0.3, 0.4) is 0 Å². The van der Waals surface area contributed by atoms with Gasteiger partial charge in [0.2, 0.25) is 11.8 Å². The van der Waals surface area contributed by atoms with Crippen molar-refractivity contribution in [3.63, 3.8) is 0 Å². The number of halogens is 2. The molecular formula is C31H37Cl2N3O4S. The van der Waals surface area contributed by atoms with Crippen LogP contribution in [0.25, 0.3) is 0 Å². The van der Waals surface area contributed by atoms with Crippen LogP contribution >= 0.6 is 23.2 Å². The SMILES string of the molecule is CC[C@H](C)NC(=O)[C@H](C)N(Cc1ccc(Cl)cc1Cl)C(=O)CN(c1ccc(C)c(C)c1)S(=O)(=O)c1ccc(C)cc1. The van der Waals surface area contributed by atoms with Crippen molar-refractivity contribution in [2.24, 2.45) is 0 Å². The van der Waals surface area contributed by atoms with Crippen LogP contribution in [0.15, 0.2) is 65.6 Å². The van der Waals surface area contributed by atoms with Gasteiger partial charge in [0.25, 0.3) is 10.0 Å². The predicted octanol–water partition coefficient (Wildman–Crippen LogP) is 6.45. The van der Waals surface area contributed by atoms with E-state index in [4.69, 9.17) is 23.2 Å². The Morgan fingerprint density at radius 1 is 0.902 bits per heavy atom. The molecule has 0 aliphatic heterocycles. The molecule has 0 saturated heterocycles. The zero-order chi connectivity index (χ0) is 30.5. The quantitative estimate of drug-likeness (QED) is 0.268. The topological polar surface area (TPSA) is 86.8 Å². The first-order chi connectivity index (χ1) is 19.2. The van der Waals surface area contributed by atoms with Crippen molar-refractivity contribution >= 4 is 50.7 Å². The smallest absolute Gasteiger partial charge is 0.264 e. The van der Waals surface area contributed by atoms with Crippen LogP contribution in [0.5, 0.6) is 0 Å². The first-order valence-electron chi connectivity index (χ1n) is 13.4. The lowest BCUT2D eigenvalue weighted by atomic mass is 10.1. The Morgan fingerprint density at radius 3 is 2.15 bits per heavy atom. The first kappa shape index (κ1) is 32.4. The van der Waals surface area contributed by atoms with Crippen molar-refractivity contribution in [2.45, 2.75) is 71.5 Å². The van der Waals surface area contributed by atoms with Gasteiger partial charge in [-0.15, -0.1) is 0 Å². The molecule has 0 heterocycles. The predicted molar refractivity (Wildman–Crippen MR) is 166 cm³/mol. The fraction of sp³-hybridized carbons (Fsp3) is 0.355. The third-order valence-corrected chi connectivity index (χ3v) is 9.57. The molecule has 3 aromatic rings. The highest BCUT2D eigenvalue weighted by Crippen LogP contribution is 2.28. The molecule has 0 aliphatic carbocycles. The van der Waals surface area contributed by atoms with Crippen molar-refractivity contribution in [2.75, 3.05) is 10.8 Å². The van der Waals surface area contributed by atoms with Gasteiger partial charge in [-0.1, -0.05) is 60.0 Å². The van der Waals surface area contributed by atoms with Gasteiger partial charge in [-0.2, -0.15) is 0 Å². The van der Waals surface area contributed by atoms with Crippen LogP contribution in [0.2, 0.25) is 10.0 Å². The maximum atomic E-state index is 14.1. The fourth-order valence-corrected chi connectivity index (χ4v) is 6.00. The average Bonchev–Trinajstić information content (AvgIpc) is 2.92. The normalized spacial score (nSPS) is 12.9. The van der Waals surface area contributed by atoms with E-state index in [9.17, 15) is 18.0 Å². The van der Waals surface area contributed by atoms with Crippen molar-refractivity contribution in [3.05, 3.63) is 93.0 Å². The molecule has 0 radical (unpaired) electrons. The van der Waals surface area contributed by atoms with Gasteiger partial charge in [0.1, 0.15) is 12.6 Å². The molecule has 0 spiro atoms. The van der Waals surface area contributed by atoms with E-state index in [1.165, 1.54) is 17.0 Å². The summed E-state index contributed by atoms with van der Waals surface area (Å²) in [5.74, 6) is -0.909. The molecule has 0 saturated carbocycles. The second kappa shape index (κ2) is 13.7. The summed E-state index contributed by atoms with van der Waals surface area (Å²) in [6.07, 6.45) is 0.713. The van der Waals surface area contributed by atoms with Crippen molar-refractivity contribution in [3.8, 4) is 0 Å². The van der Waals surface area contributed by atoms with Gasteiger partial charge in [0, 0.05) is 22.6 Å². The van der Waals surface area contributed by atoms with Crippen LogP contribution in [0, 0.1) is 20.8 Å². The molecule has 7 nitrogen and oxygen atoms in total. The highest BCUT2D eigenvalue weighted by Gasteiger charge is 2.33. The zero-order valence-corrected chi connectivity index (χ0v) is 26.6. The van der Waals surface area contributed by atoms with E-state index in [1.54, 1.807) is 49.4 Å². The maximum Gasteiger partial charge on any atom is 0.264 e. The summed E-state index contributed by atoms with van der Waals surface area (Å²) in [6.45, 7) is 10.6. The number of amides is 2. The third-order valence-electron chi connectivity index (χ3n) is 7.19. The summed E-state index contributed by atoms with van der Waals surface area (Å²) in [7, 11) is -4.14. The van der Waals surface area contributed by atoms with E-state index in [0.717, 1.165) is 21.0 Å². The van der Waals surface area contributed by atoms with E-state index in [0.29, 0.717) is 27.7 Å². The van der Waals surface area contributed by atoms with Crippen LogP contribution < -0.4 is 9.62 Å². The molecule has 2 amide bonds. The number of nitrogens with one attached hydrogen (secondary N) is 1. The highest BCUT2D eigenvalue weighted by atomic mass is 35.5. The zero-order valence-electron chi connectivity index (χ0n) is 24.2. The van der Waals surface area contributed by atoms with Gasteiger partial charge < -0.3 is 10.2 Å². The first-order valence-corrected chi connectivity index (χ1v) is 15.6. The summed E-state index contributed by atoms with van der Waals surface area (Å²) in [4.78, 5) is 28.7. The number of rotatable bonds is 11. The van der Waals surface area contributed by atoms with E-state index in [1.807, 2.05) is 40.7 Å². The monoisotopic (exact) mass is 617 g/mol. The van der Waals surface area contributed by atoms with Gasteiger partial charge in [0.05, 0.1) is 10.6 Å². The number of sulfonamides is 1. The minimum absolute atomic E-state index is 0.0186. The van der Waals surface area contributed by atoms with E-state index < -0.39 is 28.5 Å². The van der Waals surface area contributed by atoms with E-state index in [2.05, 4.69) is 5.32 Å². The largest absolute Gasteiger partial charge is 0.352 e. The summed E-state index contributed by atoms with van der Waals surface area (Å²) in [5.41, 5.74) is 3.70. The number of nitrogens with zero attached hydrogens (tertiary/aromatic N) is 2. The van der Waals surface area contributed by atoms with Gasteiger partial charge in [-0.25, -0.2) is 8.42 Å². The average molecular weight is 619 g/mol. The number of carbonyl (C=O) groups excluding carboxylic acids is 2. The van der Waals surface area contributed by atoms with Crippen LogP contribution in [-0.2, 0) is 26.2 Å². The van der Waals surface area contributed by atoms with E-state index >= 15 is 0 Å². The van der Waals surface area contributed by atoms with Crippen molar-refractivity contribution < 1.29 is 18.0 Å². The van der Waals surface area contributed by atoms with Gasteiger partial charge in [-0.3, -0.25) is 13.9 Å². The lowest BCUT2D eigenvalue weighted by molar-refractivity contribution is -0.139. The van der Waals surface area contributed by atoms with Crippen molar-refractivity contribution in [1.29, 1.82) is 0 Å². The van der Waals surface area contributed by atoms with Crippen LogP contribution in [0.1, 0.15) is 49.4 Å². The lowest BCUT2D eigenvalue weighted by Crippen LogP contribution is -2.52. The maximum absolute atomic E-state index is 14.1. The molecule has 2 atom stereocenters. The molecule has 0 fully saturated rings. The summed E-state index contributed by atoms with van der Waals surface area (Å²) in [6, 6.07) is 15.6. The van der Waals surface area contributed by atoms with E-state index in [-0.39, 0.29) is 23.4 Å². The Morgan fingerprint density at radius 2 is 1.56 bits per heavy atom. The molecule has 1 N–H and O–H groups in total. The number of hydrogen-bond donors (Lipinski definition) is 1. The molecule has 220 valence electrons. The van der Waals surface area contributed by atoms with Crippen LogP contribution in [0.4, 0.5) is 5.69 Å². The molecule has 0 aromatic heterocycles. The lowest BCUT2D eigenvalue weighted by Gasteiger charge is -2.32. The number of benzene rings is 3. The minimum Gasteiger partial charge on any atom is -0.352 e. The standard InChI is InChI=1S/C31H37Cl2N3O4S/c1-7-23(5)34-31(38)24(6)35(18-25-11-12-26(32)17-29(25)33)30(37)19-36(27-13-10-21(3)22(4)16-27)41(39,40)28-14-8-20(2)9-15-28/h8-17,23-24H,7,18-19H2,1-6H3,(H,34,38)/t23-,24-/m0/s1. The highest BCUT2D eigenvalue weighted by molar-refractivity contribution is 7.92. The summed E-state index contributed by atoms with van der Waals surface area (Å²) >= 11 is 12.5. The molecular weight excluding hydrogens is 581 g/mol. The Kier molecular flexibility index (Phi) is 10.9. The third kappa shape index (κ3) is 8.03. The second-order valence-corrected chi connectivity index (χ2v) is 13.1. The number of carbonyl (C=O) groups is 2. The molecule has 0 bridgehead atoms. The Balaban J connectivity index is 2.07. The van der Waals surface area contributed by atoms with Gasteiger partial charge in [-0.05, 0) is 94.1 Å². The summed E-state index contributed by atoms with van der Waals surface area (Å²) in [5, 5.41) is 3.69. The Hall–Kier alpha value is -3.07. The second-order valence-electron chi connectivity index (χ2n) is 10.3. The molecule has 0 aliphatic rings. The fourth-order valence-electron chi connectivity index (χ4n) is 4.13. The number of aryl methyl sites for hydroxylation is 3. The molecule has 3 rings (SSSR count). The molecule has 41 heavy (non-hydrogen) atoms. The molecule has 10 heteroatoms. The molecule has 3 aromatic carbocycles. The molecule has 0 unspecified atom stereocenters. The van der Waals surface area contributed by atoms with Gasteiger partial charge >= 0.3 is 0 Å². The van der Waals surface area contributed by atoms with Crippen LogP contribution in [-0.4, -0.2) is 43.8 Å². The van der Waals surface area contributed by atoms with Crippen molar-refractivity contribution in [1.82, 2.24) is 10.2 Å². The Labute approximate surface area is 253 Å². The summed E-state index contributed by atoms with van der Waals surface area (Å²) < 4.78 is 29.1. The Bertz CT molecular complexity index is 1510. The van der Waals surface area contributed by atoms with Gasteiger partial charge in [0.15, 0.2) is 0 Å². The minimum atomic E-state index is -4.14. The number of anilines is 1.